The summed E-state index contributed by atoms with van der Waals surface area (Å²) in [5.74, 6) is 0.617. The number of carbonyl (C=O) groups is 1. The highest BCUT2D eigenvalue weighted by molar-refractivity contribution is 7.80. The highest BCUT2D eigenvalue weighted by Crippen LogP contribution is 2.23. The van der Waals surface area contributed by atoms with Gasteiger partial charge in [-0.15, -0.1) is 0 Å². The lowest BCUT2D eigenvalue weighted by atomic mass is 9.92. The summed E-state index contributed by atoms with van der Waals surface area (Å²) < 4.78 is 5.49. The van der Waals surface area contributed by atoms with Crippen LogP contribution in [0.15, 0.2) is 24.3 Å². The third kappa shape index (κ3) is 6.02. The molecule has 5 heteroatoms. The van der Waals surface area contributed by atoms with Crippen LogP contribution in [0.3, 0.4) is 0 Å². The van der Waals surface area contributed by atoms with E-state index in [-0.39, 0.29) is 16.4 Å². The molecule has 0 spiro atoms. The second-order valence-corrected chi connectivity index (χ2v) is 6.08. The minimum atomic E-state index is -0.0936. The van der Waals surface area contributed by atoms with Crippen molar-refractivity contribution in [1.82, 2.24) is 5.32 Å². The Hall–Kier alpha value is -1.62. The third-order valence-corrected chi connectivity index (χ3v) is 2.58. The van der Waals surface area contributed by atoms with Crippen LogP contribution < -0.4 is 15.4 Å². The zero-order chi connectivity index (χ0) is 15.2. The fraction of sp³-hybridized carbons (Fsp3) is 0.467. The molecule has 0 atom stereocenters. The molecule has 0 aliphatic rings. The van der Waals surface area contributed by atoms with E-state index in [4.69, 9.17) is 17.0 Å². The van der Waals surface area contributed by atoms with Gasteiger partial charge in [-0.3, -0.25) is 4.79 Å². The van der Waals surface area contributed by atoms with Gasteiger partial charge in [-0.25, -0.2) is 0 Å². The number of amides is 1. The van der Waals surface area contributed by atoms with E-state index in [1.807, 2.05) is 52.0 Å². The SMILES string of the molecule is CCOc1ccccc1NC(=S)NC(=O)CC(C)(C)C. The number of nitrogens with one attached hydrogen (secondary N) is 2. The van der Waals surface area contributed by atoms with E-state index in [0.29, 0.717) is 18.8 Å². The molecule has 2 N–H and O–H groups in total. The quantitative estimate of drug-likeness (QED) is 0.836. The van der Waals surface area contributed by atoms with E-state index in [0.717, 1.165) is 5.69 Å². The van der Waals surface area contributed by atoms with Gasteiger partial charge in [0.15, 0.2) is 5.11 Å². The first kappa shape index (κ1) is 16.4. The fourth-order valence-electron chi connectivity index (χ4n) is 1.66. The van der Waals surface area contributed by atoms with Gasteiger partial charge in [0, 0.05) is 6.42 Å². The van der Waals surface area contributed by atoms with Crippen LogP contribution in [0.5, 0.6) is 5.75 Å². The van der Waals surface area contributed by atoms with Gasteiger partial charge >= 0.3 is 0 Å². The molecule has 1 aromatic rings. The van der Waals surface area contributed by atoms with Crippen molar-refractivity contribution in [3.63, 3.8) is 0 Å². The summed E-state index contributed by atoms with van der Waals surface area (Å²) in [5.41, 5.74) is 0.679. The molecule has 0 aliphatic heterocycles. The average Bonchev–Trinajstić information content (AvgIpc) is 2.29. The molecule has 1 rings (SSSR count). The first-order chi connectivity index (χ1) is 9.31. The summed E-state index contributed by atoms with van der Waals surface area (Å²) in [6.07, 6.45) is 0.419. The highest BCUT2D eigenvalue weighted by Gasteiger charge is 2.16. The monoisotopic (exact) mass is 294 g/mol. The van der Waals surface area contributed by atoms with Gasteiger partial charge in [0.1, 0.15) is 5.75 Å². The van der Waals surface area contributed by atoms with Crippen molar-refractivity contribution >= 4 is 28.9 Å². The summed E-state index contributed by atoms with van der Waals surface area (Å²) in [5, 5.41) is 5.95. The number of hydrogen-bond acceptors (Lipinski definition) is 3. The maximum absolute atomic E-state index is 11.8. The minimum absolute atomic E-state index is 0.0665. The van der Waals surface area contributed by atoms with Crippen LogP contribution in [0, 0.1) is 5.41 Å². The molecule has 0 heterocycles. The molecule has 0 unspecified atom stereocenters. The predicted molar refractivity (Wildman–Crippen MR) is 86.0 cm³/mol. The lowest BCUT2D eigenvalue weighted by Gasteiger charge is -2.18. The zero-order valence-corrected chi connectivity index (χ0v) is 13.3. The standard InChI is InChI=1S/C15H22N2O2S/c1-5-19-12-9-7-6-8-11(12)16-14(20)17-13(18)10-15(2,3)4/h6-9H,5,10H2,1-4H3,(H2,16,17,18,20). The number of benzene rings is 1. The Labute approximate surface area is 125 Å². The van der Waals surface area contributed by atoms with Gasteiger partial charge in [0.05, 0.1) is 12.3 Å². The average molecular weight is 294 g/mol. The van der Waals surface area contributed by atoms with E-state index in [9.17, 15) is 4.79 Å². The minimum Gasteiger partial charge on any atom is -0.492 e. The number of para-hydroxylation sites is 2. The maximum Gasteiger partial charge on any atom is 0.226 e. The van der Waals surface area contributed by atoms with Crippen LogP contribution >= 0.6 is 12.2 Å². The van der Waals surface area contributed by atoms with Gasteiger partial charge in [-0.2, -0.15) is 0 Å². The van der Waals surface area contributed by atoms with Crippen molar-refractivity contribution in [2.45, 2.75) is 34.1 Å². The van der Waals surface area contributed by atoms with Crippen LogP contribution in [0.4, 0.5) is 5.69 Å². The Balaban J connectivity index is 2.61. The summed E-state index contributed by atoms with van der Waals surface area (Å²) in [6, 6.07) is 7.47. The Morgan fingerprint density at radius 3 is 2.55 bits per heavy atom. The normalized spacial score (nSPS) is 10.8. The summed E-state index contributed by atoms with van der Waals surface area (Å²) in [4.78, 5) is 11.8. The van der Waals surface area contributed by atoms with E-state index in [1.165, 1.54) is 0 Å². The van der Waals surface area contributed by atoms with Crippen LogP contribution in [0.1, 0.15) is 34.1 Å². The highest BCUT2D eigenvalue weighted by atomic mass is 32.1. The molecule has 0 fully saturated rings. The van der Waals surface area contributed by atoms with Crippen molar-refractivity contribution in [2.75, 3.05) is 11.9 Å². The van der Waals surface area contributed by atoms with Crippen LogP contribution in [0.25, 0.3) is 0 Å². The molecular formula is C15H22N2O2S. The largest absolute Gasteiger partial charge is 0.492 e. The first-order valence-electron chi connectivity index (χ1n) is 6.64. The molecule has 1 amide bonds. The summed E-state index contributed by atoms with van der Waals surface area (Å²) >= 11 is 5.15. The van der Waals surface area contributed by atoms with Gasteiger partial charge in [-0.1, -0.05) is 32.9 Å². The second-order valence-electron chi connectivity index (χ2n) is 5.67. The summed E-state index contributed by atoms with van der Waals surface area (Å²) in [6.45, 7) is 8.51. The van der Waals surface area contributed by atoms with E-state index in [2.05, 4.69) is 10.6 Å². The van der Waals surface area contributed by atoms with E-state index in [1.54, 1.807) is 0 Å². The summed E-state index contributed by atoms with van der Waals surface area (Å²) in [7, 11) is 0. The Kier molecular flexibility index (Phi) is 5.95. The Morgan fingerprint density at radius 1 is 1.30 bits per heavy atom. The van der Waals surface area contributed by atoms with Crippen LogP contribution in [-0.4, -0.2) is 17.6 Å². The van der Waals surface area contributed by atoms with Crippen molar-refractivity contribution in [2.24, 2.45) is 5.41 Å². The fourth-order valence-corrected chi connectivity index (χ4v) is 1.88. The van der Waals surface area contributed by atoms with Crippen molar-refractivity contribution in [1.29, 1.82) is 0 Å². The lowest BCUT2D eigenvalue weighted by Crippen LogP contribution is -2.36. The van der Waals surface area contributed by atoms with Gasteiger partial charge in [0.25, 0.3) is 0 Å². The third-order valence-electron chi connectivity index (χ3n) is 2.38. The van der Waals surface area contributed by atoms with Crippen molar-refractivity contribution < 1.29 is 9.53 Å². The van der Waals surface area contributed by atoms with Gasteiger partial charge in [0.2, 0.25) is 5.91 Å². The number of carbonyl (C=O) groups excluding carboxylic acids is 1. The number of rotatable bonds is 4. The molecular weight excluding hydrogens is 272 g/mol. The second kappa shape index (κ2) is 7.24. The van der Waals surface area contributed by atoms with E-state index >= 15 is 0 Å². The molecule has 0 bridgehead atoms. The number of thiocarbonyl (C=S) groups is 1. The molecule has 110 valence electrons. The maximum atomic E-state index is 11.8. The number of hydrogen-bond donors (Lipinski definition) is 2. The van der Waals surface area contributed by atoms with Crippen LogP contribution in [-0.2, 0) is 4.79 Å². The van der Waals surface area contributed by atoms with E-state index < -0.39 is 0 Å². The molecule has 0 saturated carbocycles. The predicted octanol–water partition coefficient (Wildman–Crippen LogP) is 3.33. The topological polar surface area (TPSA) is 50.4 Å². The molecule has 1 aromatic carbocycles. The molecule has 0 saturated heterocycles. The number of ether oxygens (including phenoxy) is 1. The smallest absolute Gasteiger partial charge is 0.226 e. The Bertz CT molecular complexity index is 481. The molecule has 4 nitrogen and oxygen atoms in total. The van der Waals surface area contributed by atoms with Gasteiger partial charge < -0.3 is 15.4 Å². The lowest BCUT2D eigenvalue weighted by molar-refractivity contribution is -0.121. The molecule has 0 radical (unpaired) electrons. The number of anilines is 1. The molecule has 0 aromatic heterocycles. The van der Waals surface area contributed by atoms with Gasteiger partial charge in [-0.05, 0) is 36.7 Å². The van der Waals surface area contributed by atoms with Crippen molar-refractivity contribution in [3.05, 3.63) is 24.3 Å². The zero-order valence-electron chi connectivity index (χ0n) is 12.4. The van der Waals surface area contributed by atoms with Crippen LogP contribution in [0.2, 0.25) is 0 Å². The first-order valence-corrected chi connectivity index (χ1v) is 7.05. The molecule has 0 aliphatic carbocycles. The van der Waals surface area contributed by atoms with Crippen molar-refractivity contribution in [3.8, 4) is 5.75 Å². The Morgan fingerprint density at radius 2 is 1.95 bits per heavy atom. The molecule has 20 heavy (non-hydrogen) atoms.